The molecule has 5 aromatic rings. The van der Waals surface area contributed by atoms with Crippen LogP contribution in [0.25, 0.3) is 28.2 Å². The van der Waals surface area contributed by atoms with Gasteiger partial charge < -0.3 is 15.8 Å². The van der Waals surface area contributed by atoms with E-state index < -0.39 is 5.97 Å². The number of rotatable bonds is 6. The maximum absolute atomic E-state index is 12.6. The quantitative estimate of drug-likeness (QED) is 0.342. The molecule has 3 aromatic heterocycles. The highest BCUT2D eigenvalue weighted by Gasteiger charge is 2.18. The Balaban J connectivity index is 1.41. The zero-order chi connectivity index (χ0) is 25.9. The zero-order valence-corrected chi connectivity index (χ0v) is 20.3. The highest BCUT2D eigenvalue weighted by atomic mass is 16.5. The first-order chi connectivity index (χ1) is 17.9. The normalized spacial score (nSPS) is 10.9. The van der Waals surface area contributed by atoms with Gasteiger partial charge in [-0.15, -0.1) is 0 Å². The van der Waals surface area contributed by atoms with E-state index in [9.17, 15) is 9.59 Å². The third-order valence-corrected chi connectivity index (χ3v) is 5.91. The summed E-state index contributed by atoms with van der Waals surface area (Å²) in [4.78, 5) is 38.0. The lowest BCUT2D eigenvalue weighted by Gasteiger charge is -2.11. The fourth-order valence-electron chi connectivity index (χ4n) is 4.05. The van der Waals surface area contributed by atoms with Gasteiger partial charge in [0.05, 0.1) is 18.2 Å². The summed E-state index contributed by atoms with van der Waals surface area (Å²) in [6.45, 7) is 2.28. The van der Waals surface area contributed by atoms with Crippen molar-refractivity contribution in [1.82, 2.24) is 24.8 Å². The van der Waals surface area contributed by atoms with E-state index in [0.29, 0.717) is 40.5 Å². The van der Waals surface area contributed by atoms with Gasteiger partial charge in [0.25, 0.3) is 5.91 Å². The number of imidazole rings is 1. The molecule has 0 saturated heterocycles. The van der Waals surface area contributed by atoms with E-state index in [0.717, 1.165) is 22.3 Å². The van der Waals surface area contributed by atoms with Crippen LogP contribution in [0.4, 0.5) is 5.82 Å². The largest absolute Gasteiger partial charge is 0.465 e. The van der Waals surface area contributed by atoms with Crippen LogP contribution < -0.4 is 11.1 Å². The molecule has 3 heterocycles. The van der Waals surface area contributed by atoms with Gasteiger partial charge in [0.1, 0.15) is 11.3 Å². The van der Waals surface area contributed by atoms with E-state index in [-0.39, 0.29) is 5.91 Å². The molecule has 0 aliphatic heterocycles. The van der Waals surface area contributed by atoms with Gasteiger partial charge in [0.2, 0.25) is 0 Å². The molecule has 0 unspecified atom stereocenters. The Hall–Kier alpha value is -5.05. The van der Waals surface area contributed by atoms with Gasteiger partial charge in [-0.1, -0.05) is 18.2 Å². The Morgan fingerprint density at radius 3 is 2.54 bits per heavy atom. The average molecular weight is 493 g/mol. The topological polar surface area (TPSA) is 125 Å². The van der Waals surface area contributed by atoms with E-state index in [2.05, 4.69) is 15.3 Å². The number of carbonyl (C=O) groups is 2. The molecule has 0 atom stereocenters. The number of hydrogen-bond donors (Lipinski definition) is 2. The number of nitrogen functional groups attached to an aromatic ring is 1. The number of methoxy groups -OCH3 is 1. The third kappa shape index (κ3) is 4.74. The number of esters is 1. The maximum Gasteiger partial charge on any atom is 0.337 e. The van der Waals surface area contributed by atoms with Crippen molar-refractivity contribution in [3.8, 4) is 17.1 Å². The number of fused-ring (bicyclic) bond motifs is 1. The number of aromatic nitrogens is 4. The fourth-order valence-corrected chi connectivity index (χ4v) is 4.05. The number of anilines is 1. The monoisotopic (exact) mass is 492 g/mol. The molecule has 37 heavy (non-hydrogen) atoms. The highest BCUT2D eigenvalue weighted by molar-refractivity contribution is 5.97. The number of hydrogen-bond acceptors (Lipinski definition) is 7. The average Bonchev–Trinajstić information content (AvgIpc) is 3.30. The van der Waals surface area contributed by atoms with Crippen LogP contribution in [-0.4, -0.2) is 38.5 Å². The molecule has 0 aliphatic rings. The van der Waals surface area contributed by atoms with Crippen molar-refractivity contribution >= 4 is 28.9 Å². The van der Waals surface area contributed by atoms with Gasteiger partial charge in [-0.3, -0.25) is 9.36 Å². The minimum atomic E-state index is -0.491. The summed E-state index contributed by atoms with van der Waals surface area (Å²) in [5.74, 6) is 0.246. The van der Waals surface area contributed by atoms with Crippen LogP contribution in [-0.2, 0) is 11.3 Å². The smallest absolute Gasteiger partial charge is 0.337 e. The van der Waals surface area contributed by atoms with Gasteiger partial charge in [0, 0.05) is 30.2 Å². The molecule has 5 rings (SSSR count). The Kier molecular flexibility index (Phi) is 6.34. The second-order valence-electron chi connectivity index (χ2n) is 8.48. The van der Waals surface area contributed by atoms with Crippen LogP contribution >= 0.6 is 0 Å². The highest BCUT2D eigenvalue weighted by Crippen LogP contribution is 2.30. The number of carbonyl (C=O) groups excluding carboxylic acids is 2. The molecule has 184 valence electrons. The number of nitrogens with one attached hydrogen (secondary N) is 1. The second-order valence-corrected chi connectivity index (χ2v) is 8.48. The molecule has 0 fully saturated rings. The van der Waals surface area contributed by atoms with Crippen LogP contribution in [0.1, 0.15) is 31.8 Å². The van der Waals surface area contributed by atoms with Crippen LogP contribution in [0.3, 0.4) is 0 Å². The van der Waals surface area contributed by atoms with Gasteiger partial charge in [0.15, 0.2) is 11.5 Å². The van der Waals surface area contributed by atoms with Crippen LogP contribution in [0.15, 0.2) is 79.1 Å². The van der Waals surface area contributed by atoms with Crippen molar-refractivity contribution in [3.05, 3.63) is 101 Å². The van der Waals surface area contributed by atoms with Crippen molar-refractivity contribution in [1.29, 1.82) is 0 Å². The lowest BCUT2D eigenvalue weighted by Crippen LogP contribution is -2.23. The number of nitrogens with zero attached hydrogens (tertiary/aromatic N) is 4. The van der Waals surface area contributed by atoms with Crippen LogP contribution in [0.2, 0.25) is 0 Å². The number of amides is 1. The Bertz CT molecular complexity index is 1630. The van der Waals surface area contributed by atoms with E-state index in [1.54, 1.807) is 30.6 Å². The summed E-state index contributed by atoms with van der Waals surface area (Å²) in [6.07, 6.45) is 3.44. The Morgan fingerprint density at radius 2 is 1.78 bits per heavy atom. The maximum atomic E-state index is 12.6. The van der Waals surface area contributed by atoms with Crippen LogP contribution in [0.5, 0.6) is 0 Å². The van der Waals surface area contributed by atoms with Crippen molar-refractivity contribution in [2.24, 2.45) is 0 Å². The minimum absolute atomic E-state index is 0.288. The summed E-state index contributed by atoms with van der Waals surface area (Å²) in [5, 5.41) is 2.89. The summed E-state index contributed by atoms with van der Waals surface area (Å²) >= 11 is 0. The molecule has 0 saturated carbocycles. The minimum Gasteiger partial charge on any atom is -0.465 e. The lowest BCUT2D eigenvalue weighted by atomic mass is 10.1. The molecule has 9 heteroatoms. The SMILES string of the molecule is COC(=O)c1cccc(C(=O)NCc2ccc(-n3c(-c4cccnc4N)nc4cc(C)cnc43)cc2)c1. The van der Waals surface area contributed by atoms with Crippen molar-refractivity contribution in [2.75, 3.05) is 12.8 Å². The number of benzene rings is 2. The number of pyridine rings is 2. The van der Waals surface area contributed by atoms with Crippen molar-refractivity contribution in [2.45, 2.75) is 13.5 Å². The lowest BCUT2D eigenvalue weighted by molar-refractivity contribution is 0.0600. The van der Waals surface area contributed by atoms with E-state index in [1.807, 2.05) is 54.0 Å². The molecule has 0 radical (unpaired) electrons. The Labute approximate surface area is 213 Å². The third-order valence-electron chi connectivity index (χ3n) is 5.91. The first-order valence-electron chi connectivity index (χ1n) is 11.6. The van der Waals surface area contributed by atoms with Gasteiger partial charge in [-0.25, -0.2) is 19.7 Å². The predicted molar refractivity (Wildman–Crippen MR) is 140 cm³/mol. The summed E-state index contributed by atoms with van der Waals surface area (Å²) < 4.78 is 6.67. The zero-order valence-electron chi connectivity index (χ0n) is 20.3. The molecule has 0 bridgehead atoms. The van der Waals surface area contributed by atoms with E-state index >= 15 is 0 Å². The fraction of sp³-hybridized carbons (Fsp3) is 0.107. The molecule has 2 aromatic carbocycles. The first kappa shape index (κ1) is 23.7. The molecule has 1 amide bonds. The van der Waals surface area contributed by atoms with Gasteiger partial charge >= 0.3 is 5.97 Å². The standard InChI is InChI=1S/C28H24N6O3/c1-17-13-23-26(31-15-17)34(25(33-23)22-7-4-12-30-24(22)29)21-10-8-18(9-11-21)16-32-27(35)19-5-3-6-20(14-19)28(36)37-2/h3-15H,16H2,1-2H3,(H2,29,30)(H,32,35). The number of nitrogens with two attached hydrogens (primary N) is 1. The van der Waals surface area contributed by atoms with E-state index in [1.165, 1.54) is 13.2 Å². The molecule has 0 spiro atoms. The molecule has 9 nitrogen and oxygen atoms in total. The van der Waals surface area contributed by atoms with E-state index in [4.69, 9.17) is 15.5 Å². The molecular weight excluding hydrogens is 468 g/mol. The molecular formula is C28H24N6O3. The summed E-state index contributed by atoms with van der Waals surface area (Å²) in [5.41, 5.74) is 11.8. The summed E-state index contributed by atoms with van der Waals surface area (Å²) in [6, 6.07) is 19.8. The summed E-state index contributed by atoms with van der Waals surface area (Å²) in [7, 11) is 1.30. The second kappa shape index (κ2) is 9.90. The van der Waals surface area contributed by atoms with Crippen molar-refractivity contribution in [3.63, 3.8) is 0 Å². The first-order valence-corrected chi connectivity index (χ1v) is 11.6. The van der Waals surface area contributed by atoms with Gasteiger partial charge in [-0.05, 0) is 66.6 Å². The Morgan fingerprint density at radius 1 is 1.00 bits per heavy atom. The van der Waals surface area contributed by atoms with Crippen LogP contribution in [0, 0.1) is 6.92 Å². The number of aryl methyl sites for hydroxylation is 1. The number of ether oxygens (including phenoxy) is 1. The van der Waals surface area contributed by atoms with Crippen molar-refractivity contribution < 1.29 is 14.3 Å². The molecule has 0 aliphatic carbocycles. The molecule has 3 N–H and O–H groups in total. The predicted octanol–water partition coefficient (Wildman–Crippen LogP) is 4.09. The van der Waals surface area contributed by atoms with Gasteiger partial charge in [-0.2, -0.15) is 0 Å².